The summed E-state index contributed by atoms with van der Waals surface area (Å²) < 4.78 is 0. The van der Waals surface area contributed by atoms with Gasteiger partial charge in [-0.2, -0.15) is 54.0 Å². The molecule has 0 aliphatic heterocycles. The van der Waals surface area contributed by atoms with Crippen LogP contribution in [0.25, 0.3) is 0 Å². The molecule has 0 aromatic heterocycles. The summed E-state index contributed by atoms with van der Waals surface area (Å²) in [7, 11) is 0. The molecule has 9 heteroatoms. The van der Waals surface area contributed by atoms with E-state index in [0.717, 1.165) is 76.9 Å². The summed E-state index contributed by atoms with van der Waals surface area (Å²) in [6.45, 7) is 49.1. The zero-order chi connectivity index (χ0) is 31.3. The van der Waals surface area contributed by atoms with E-state index >= 15 is 0 Å². The van der Waals surface area contributed by atoms with E-state index in [1.807, 2.05) is 27.7 Å². The molecule has 0 aliphatic carbocycles. The molecule has 0 nitrogen and oxygen atoms in total. The summed E-state index contributed by atoms with van der Waals surface area (Å²) in [6, 6.07) is 0. The molecule has 0 saturated heterocycles. The second kappa shape index (κ2) is 55.2. The predicted octanol–water partition coefficient (Wildman–Crippen LogP) is 14.4. The molecule has 0 fully saturated rings. The predicted molar refractivity (Wildman–Crippen MR) is 225 cm³/mol. The van der Waals surface area contributed by atoms with E-state index in [9.17, 15) is 0 Å². The van der Waals surface area contributed by atoms with Crippen LogP contribution >= 0.6 is 54.0 Å². The maximum atomic E-state index is 2.51. The van der Waals surface area contributed by atoms with E-state index in [0.29, 0.717) is 0 Å². The summed E-state index contributed by atoms with van der Waals surface area (Å²) in [4.78, 5) is 0. The molecule has 47 heavy (non-hydrogen) atoms. The fourth-order valence-corrected chi connectivity index (χ4v) is 5.95. The maximum Gasteiger partial charge on any atom is 0 e. The van der Waals surface area contributed by atoms with Gasteiger partial charge in [0, 0.05) is 105 Å². The van der Waals surface area contributed by atoms with Crippen molar-refractivity contribution in [1.29, 1.82) is 0 Å². The minimum absolute atomic E-state index is 0. The Labute approximate surface area is 402 Å². The van der Waals surface area contributed by atoms with Gasteiger partial charge in [0.2, 0.25) is 0 Å². The number of hydrogen-bond acceptors (Lipinski definition) is 0. The van der Waals surface area contributed by atoms with Gasteiger partial charge in [0.05, 0.1) is 0 Å². The zero-order valence-corrected chi connectivity index (χ0v) is 54.0. The quantitative estimate of drug-likeness (QED) is 0.153. The topological polar surface area (TPSA) is 0 Å². The van der Waals surface area contributed by atoms with Gasteiger partial charge in [-0.15, -0.1) is 0 Å². The van der Waals surface area contributed by atoms with Gasteiger partial charge < -0.3 is 0 Å². The Morgan fingerprint density at radius 2 is 0.319 bits per heavy atom. The van der Waals surface area contributed by atoms with Crippen molar-refractivity contribution >= 4 is 54.0 Å². The minimum atomic E-state index is 0. The van der Waals surface area contributed by atoms with Gasteiger partial charge in [0.25, 0.3) is 0 Å². The minimum Gasteiger partial charge on any atom is -0.197 e. The van der Waals surface area contributed by atoms with E-state index in [-0.39, 0.29) is 159 Å². The molecule has 298 valence electrons. The molecule has 0 N–H and O–H groups in total. The van der Waals surface area contributed by atoms with Crippen molar-refractivity contribution in [3.8, 4) is 0 Å². The molecular weight excluding hydrogens is 1500 g/mol. The summed E-state index contributed by atoms with van der Waals surface area (Å²) >= 11 is 0. The molecule has 0 aromatic rings. The normalized spacial score (nSPS) is 17.3. The second-order valence-electron chi connectivity index (χ2n) is 13.3. The number of rotatable bonds is 15. The zero-order valence-electron chi connectivity index (χ0n) is 35.4. The second-order valence-corrected chi connectivity index (χ2v) is 13.3. The van der Waals surface area contributed by atoms with Crippen molar-refractivity contribution in [1.82, 2.24) is 0 Å². The molecule has 0 bridgehead atoms. The van der Waals surface area contributed by atoms with Gasteiger partial charge in [0.1, 0.15) is 0 Å². The first-order chi connectivity index (χ1) is 17.6. The van der Waals surface area contributed by atoms with E-state index in [1.165, 1.54) is 25.7 Å². The van der Waals surface area contributed by atoms with Crippen LogP contribution in [0.4, 0.5) is 0 Å². The Morgan fingerprint density at radius 1 is 0.234 bits per heavy atom. The molecule has 0 spiro atoms. The maximum absolute atomic E-state index is 2.51. The van der Waals surface area contributed by atoms with E-state index in [2.05, 4.69) is 118 Å². The van der Waals surface area contributed by atoms with Crippen LogP contribution < -0.4 is 0 Å². The average Bonchev–Trinajstić information content (AvgIpc) is 2.97. The molecule has 0 saturated carbocycles. The van der Waals surface area contributed by atoms with Crippen LogP contribution in [-0.2, 0) is 105 Å². The van der Waals surface area contributed by atoms with Gasteiger partial charge in [0.15, 0.2) is 0 Å². The summed E-state index contributed by atoms with van der Waals surface area (Å²) in [5, 5.41) is 0. The Balaban J connectivity index is -0.0000000371. The first kappa shape index (κ1) is 88.8. The third-order valence-electron chi connectivity index (χ3n) is 12.0. The van der Waals surface area contributed by atoms with E-state index < -0.39 is 0 Å². The van der Waals surface area contributed by atoms with Gasteiger partial charge in [-0.25, -0.2) is 0 Å². The van der Waals surface area contributed by atoms with Crippen molar-refractivity contribution in [2.24, 2.45) is 76.9 Å². The van der Waals surface area contributed by atoms with Crippen molar-refractivity contribution in [3.63, 3.8) is 0 Å². The Bertz CT molecular complexity index is 467. The van der Waals surface area contributed by atoms with Crippen molar-refractivity contribution < 1.29 is 105 Å². The first-order valence-electron chi connectivity index (χ1n) is 17.6. The molecule has 0 radical (unpaired) electrons. The van der Waals surface area contributed by atoms with Crippen LogP contribution in [0.2, 0.25) is 0 Å². The van der Waals surface area contributed by atoms with Crippen LogP contribution in [0.5, 0.6) is 0 Å². The molecule has 0 heterocycles. The van der Waals surface area contributed by atoms with Gasteiger partial charge >= 0.3 is 0 Å². The molecular formula is C38H92S4W5. The molecule has 12 atom stereocenters. The van der Waals surface area contributed by atoms with Crippen molar-refractivity contribution in [2.45, 2.75) is 171 Å². The van der Waals surface area contributed by atoms with E-state index in [4.69, 9.17) is 0 Å². The summed E-state index contributed by atoms with van der Waals surface area (Å²) in [6.07, 6.45) is 5.26. The van der Waals surface area contributed by atoms with Gasteiger partial charge in [-0.3, -0.25) is 0 Å². The Hall–Kier alpha value is 4.84. The SMILES string of the molecule is CC.CC.CCC(C)C(C)C(C)C(C)C(C)C(C)C(C)C(C)C(C)CC.CCC(C)C(C)C(C)C(C)CC.S.S.S.S.[W].[W].[W].[W].[W]. The monoisotopic (exact) mass is 1600 g/mol. The first-order valence-corrected chi connectivity index (χ1v) is 17.6. The molecule has 0 aliphatic rings. The van der Waals surface area contributed by atoms with Gasteiger partial charge in [-0.05, 0) is 76.9 Å². The number of hydrogen-bond donors (Lipinski definition) is 0. The Kier molecular flexibility index (Phi) is 104. The van der Waals surface area contributed by atoms with Crippen molar-refractivity contribution in [2.75, 3.05) is 0 Å². The third-order valence-corrected chi connectivity index (χ3v) is 12.0. The van der Waals surface area contributed by atoms with E-state index in [1.54, 1.807) is 0 Å². The van der Waals surface area contributed by atoms with Crippen LogP contribution in [0.3, 0.4) is 0 Å². The largest absolute Gasteiger partial charge is 0.197 e. The Morgan fingerprint density at radius 3 is 0.426 bits per heavy atom. The molecule has 12 unspecified atom stereocenters. The average molecular weight is 1600 g/mol. The summed E-state index contributed by atoms with van der Waals surface area (Å²) in [5.74, 6) is 10.9. The van der Waals surface area contributed by atoms with Crippen LogP contribution in [0.15, 0.2) is 0 Å². The smallest absolute Gasteiger partial charge is 0 e. The van der Waals surface area contributed by atoms with Gasteiger partial charge in [-0.1, -0.05) is 171 Å². The fourth-order valence-electron chi connectivity index (χ4n) is 5.95. The van der Waals surface area contributed by atoms with Crippen LogP contribution in [0, 0.1) is 76.9 Å². The van der Waals surface area contributed by atoms with Crippen molar-refractivity contribution in [3.05, 3.63) is 0 Å². The van der Waals surface area contributed by atoms with Crippen LogP contribution in [0.1, 0.15) is 171 Å². The van der Waals surface area contributed by atoms with Crippen LogP contribution in [-0.4, -0.2) is 0 Å². The standard InChI is InChI=1S/C22H46.C12H26.2C2H6.4H2S.5W/c1-12-14(3)16(5)18(7)20(9)22(11)21(10)19(8)17(6)15(4)13-2;1-7-9(3)11(5)12(6)10(4)8-2;2*1-2;;;;;;;;;/h14-22H,12-13H2,1-11H3;9-12H,7-8H2,1-6H3;2*1-2H3;4*1H2;;;;;. The summed E-state index contributed by atoms with van der Waals surface area (Å²) in [5.41, 5.74) is 0. The molecule has 0 amide bonds. The fraction of sp³-hybridized carbons (Fsp3) is 1.00. The molecule has 0 rings (SSSR count). The third kappa shape index (κ3) is 37.5. The molecule has 0 aromatic carbocycles.